The number of quaternary nitrogens is 1. The highest BCUT2D eigenvalue weighted by Gasteiger charge is 2.51. The Morgan fingerprint density at radius 2 is 1.46 bits per heavy atom. The Morgan fingerprint density at radius 3 is 1.85 bits per heavy atom. The molecule has 13 heavy (non-hydrogen) atoms. The molecule has 0 unspecified atom stereocenters. The summed E-state index contributed by atoms with van der Waals surface area (Å²) in [5, 5.41) is 2.42. The number of nitrogens with two attached hydrogens (primary N) is 1. The molecule has 0 aromatic rings. The van der Waals surface area contributed by atoms with E-state index in [0.717, 1.165) is 23.2 Å². The monoisotopic (exact) mass is 180 g/mol. The predicted molar refractivity (Wildman–Crippen MR) is 53.3 cm³/mol. The first-order valence-corrected chi connectivity index (χ1v) is 6.07. The first-order chi connectivity index (χ1) is 6.30. The summed E-state index contributed by atoms with van der Waals surface area (Å²) in [6, 6.07) is 0. The average molecular weight is 180 g/mol. The molecular formula is C12H22N+. The fraction of sp³-hybridized carbons (Fsp3) is 1.00. The summed E-state index contributed by atoms with van der Waals surface area (Å²) in [6.45, 7) is 1.41. The summed E-state index contributed by atoms with van der Waals surface area (Å²) in [7, 11) is 2.25. The van der Waals surface area contributed by atoms with Gasteiger partial charge in [0.2, 0.25) is 0 Å². The van der Waals surface area contributed by atoms with Crippen LogP contribution >= 0.6 is 0 Å². The van der Waals surface area contributed by atoms with E-state index in [-0.39, 0.29) is 0 Å². The fourth-order valence-electron chi connectivity index (χ4n) is 4.97. The van der Waals surface area contributed by atoms with Gasteiger partial charge in [-0.3, -0.25) is 0 Å². The molecule has 1 nitrogen and oxygen atoms in total. The normalized spacial score (nSPS) is 52.8. The lowest BCUT2D eigenvalue weighted by molar-refractivity contribution is -0.642. The zero-order chi connectivity index (χ0) is 8.89. The standard InChI is InChI=1S/C12H21N/c1-13-8-12-5-9-2-10(6-12)4-11(3-9)7-12/h9-11,13H,2-8H2,1H3/p+1. The molecule has 4 aliphatic rings. The second-order valence-electron chi connectivity index (χ2n) is 6.03. The van der Waals surface area contributed by atoms with Gasteiger partial charge in [0.25, 0.3) is 0 Å². The largest absolute Gasteiger partial charge is 0.348 e. The molecule has 0 atom stereocenters. The van der Waals surface area contributed by atoms with Gasteiger partial charge in [-0.05, 0) is 56.3 Å². The van der Waals surface area contributed by atoms with Crippen LogP contribution < -0.4 is 5.32 Å². The van der Waals surface area contributed by atoms with Crippen LogP contribution in [0.4, 0.5) is 0 Å². The lowest BCUT2D eigenvalue weighted by atomic mass is 9.49. The summed E-state index contributed by atoms with van der Waals surface area (Å²) in [4.78, 5) is 0. The van der Waals surface area contributed by atoms with E-state index in [1.165, 1.54) is 6.54 Å². The molecule has 4 saturated carbocycles. The van der Waals surface area contributed by atoms with Crippen LogP contribution in [0.3, 0.4) is 0 Å². The molecule has 0 saturated heterocycles. The van der Waals surface area contributed by atoms with Crippen LogP contribution in [0.15, 0.2) is 0 Å². The minimum Gasteiger partial charge on any atom is -0.348 e. The third-order valence-electron chi connectivity index (χ3n) is 4.80. The van der Waals surface area contributed by atoms with Gasteiger partial charge >= 0.3 is 0 Å². The van der Waals surface area contributed by atoms with Crippen molar-refractivity contribution in [1.29, 1.82) is 0 Å². The topological polar surface area (TPSA) is 16.6 Å². The predicted octanol–water partition coefficient (Wildman–Crippen LogP) is 1.40. The van der Waals surface area contributed by atoms with Crippen LogP contribution in [0.1, 0.15) is 38.5 Å². The molecule has 4 bridgehead atoms. The second-order valence-corrected chi connectivity index (χ2v) is 6.03. The van der Waals surface area contributed by atoms with E-state index in [1.807, 2.05) is 0 Å². The highest BCUT2D eigenvalue weighted by molar-refractivity contribution is 5.00. The summed E-state index contributed by atoms with van der Waals surface area (Å²) < 4.78 is 0. The van der Waals surface area contributed by atoms with E-state index in [2.05, 4.69) is 12.4 Å². The number of hydrogen-bond acceptors (Lipinski definition) is 0. The summed E-state index contributed by atoms with van der Waals surface area (Å²) in [5.74, 6) is 3.39. The molecule has 0 amide bonds. The van der Waals surface area contributed by atoms with E-state index in [4.69, 9.17) is 0 Å². The lowest BCUT2D eigenvalue weighted by Crippen LogP contribution is -2.83. The van der Waals surface area contributed by atoms with Gasteiger partial charge in [-0.15, -0.1) is 0 Å². The highest BCUT2D eigenvalue weighted by atomic mass is 14.8. The Morgan fingerprint density at radius 1 is 1.00 bits per heavy atom. The van der Waals surface area contributed by atoms with Crippen LogP contribution in [0.2, 0.25) is 0 Å². The fourth-order valence-corrected chi connectivity index (χ4v) is 4.97. The SMILES string of the molecule is C[NH2+]CC12CC3CC(CC(C3)C1)C2. The first-order valence-electron chi connectivity index (χ1n) is 6.07. The Kier molecular flexibility index (Phi) is 1.74. The van der Waals surface area contributed by atoms with Crippen LogP contribution in [0.25, 0.3) is 0 Å². The van der Waals surface area contributed by atoms with E-state index in [1.54, 1.807) is 38.5 Å². The van der Waals surface area contributed by atoms with Crippen LogP contribution in [-0.2, 0) is 0 Å². The zero-order valence-electron chi connectivity index (χ0n) is 8.76. The number of rotatable bonds is 2. The molecule has 0 heterocycles. The zero-order valence-corrected chi connectivity index (χ0v) is 8.76. The molecule has 4 rings (SSSR count). The molecule has 0 radical (unpaired) electrons. The van der Waals surface area contributed by atoms with Crippen LogP contribution in [0.5, 0.6) is 0 Å². The molecule has 74 valence electrons. The van der Waals surface area contributed by atoms with Crippen molar-refractivity contribution in [3.63, 3.8) is 0 Å². The lowest BCUT2D eigenvalue weighted by Gasteiger charge is -2.55. The van der Waals surface area contributed by atoms with Crippen LogP contribution in [0, 0.1) is 23.2 Å². The molecule has 0 spiro atoms. The molecule has 0 aromatic carbocycles. The Hall–Kier alpha value is -0.0400. The third-order valence-corrected chi connectivity index (χ3v) is 4.80. The van der Waals surface area contributed by atoms with Crippen molar-refractivity contribution >= 4 is 0 Å². The number of hydrogen-bond donors (Lipinski definition) is 1. The molecule has 0 aromatic heterocycles. The van der Waals surface area contributed by atoms with E-state index in [9.17, 15) is 0 Å². The Balaban J connectivity index is 1.83. The van der Waals surface area contributed by atoms with Gasteiger partial charge in [-0.2, -0.15) is 0 Å². The van der Waals surface area contributed by atoms with Gasteiger partial charge in [0, 0.05) is 5.41 Å². The summed E-state index contributed by atoms with van der Waals surface area (Å²) in [6.07, 6.45) is 9.48. The smallest absolute Gasteiger partial charge is 0.0810 e. The molecule has 4 fully saturated rings. The third kappa shape index (κ3) is 1.24. The molecular weight excluding hydrogens is 158 g/mol. The van der Waals surface area contributed by atoms with Crippen molar-refractivity contribution in [2.24, 2.45) is 23.2 Å². The van der Waals surface area contributed by atoms with Crippen LogP contribution in [-0.4, -0.2) is 13.6 Å². The van der Waals surface area contributed by atoms with E-state index in [0.29, 0.717) is 0 Å². The maximum absolute atomic E-state index is 2.42. The van der Waals surface area contributed by atoms with Crippen molar-refractivity contribution in [2.75, 3.05) is 13.6 Å². The molecule has 4 aliphatic carbocycles. The average Bonchev–Trinajstić information content (AvgIpc) is 2.00. The Labute approximate surface area is 81.3 Å². The molecule has 2 N–H and O–H groups in total. The van der Waals surface area contributed by atoms with Gasteiger partial charge in [0.15, 0.2) is 0 Å². The maximum atomic E-state index is 2.42. The van der Waals surface area contributed by atoms with Crippen molar-refractivity contribution < 1.29 is 5.32 Å². The van der Waals surface area contributed by atoms with Gasteiger partial charge in [-0.25, -0.2) is 0 Å². The van der Waals surface area contributed by atoms with Crippen molar-refractivity contribution in [2.45, 2.75) is 38.5 Å². The molecule has 1 heteroatoms. The maximum Gasteiger partial charge on any atom is 0.0810 e. The summed E-state index contributed by atoms with van der Waals surface area (Å²) in [5.41, 5.74) is 0.795. The minimum atomic E-state index is 0.795. The van der Waals surface area contributed by atoms with Gasteiger partial charge in [0.1, 0.15) is 0 Å². The summed E-state index contributed by atoms with van der Waals surface area (Å²) >= 11 is 0. The Bertz CT molecular complexity index is 174. The van der Waals surface area contributed by atoms with Gasteiger partial charge in [0.05, 0.1) is 13.6 Å². The van der Waals surface area contributed by atoms with E-state index < -0.39 is 0 Å². The second kappa shape index (κ2) is 2.73. The van der Waals surface area contributed by atoms with Crippen molar-refractivity contribution in [1.82, 2.24) is 0 Å². The van der Waals surface area contributed by atoms with Gasteiger partial charge < -0.3 is 5.32 Å². The van der Waals surface area contributed by atoms with Crippen molar-refractivity contribution in [3.8, 4) is 0 Å². The highest BCUT2D eigenvalue weighted by Crippen LogP contribution is 2.59. The molecule has 0 aliphatic heterocycles. The quantitative estimate of drug-likeness (QED) is 0.661. The van der Waals surface area contributed by atoms with Crippen molar-refractivity contribution in [3.05, 3.63) is 0 Å². The first kappa shape index (κ1) is 8.28. The van der Waals surface area contributed by atoms with E-state index >= 15 is 0 Å². The minimum absolute atomic E-state index is 0.795. The van der Waals surface area contributed by atoms with Gasteiger partial charge in [-0.1, -0.05) is 0 Å².